The molecule has 1 aromatic rings. The van der Waals surface area contributed by atoms with Crippen LogP contribution in [0.1, 0.15) is 64.3 Å². The van der Waals surface area contributed by atoms with Gasteiger partial charge in [0.1, 0.15) is 5.60 Å². The topological polar surface area (TPSA) is 99.4 Å². The number of ether oxygens (including phenoxy) is 1. The second-order valence-electron chi connectivity index (χ2n) is 8.43. The Kier molecular flexibility index (Phi) is 7.33. The van der Waals surface area contributed by atoms with Crippen molar-refractivity contribution >= 4 is 23.6 Å². The number of amides is 2. The van der Waals surface area contributed by atoms with Gasteiger partial charge < -0.3 is 25.3 Å². The molecule has 1 fully saturated rings. The van der Waals surface area contributed by atoms with E-state index in [2.05, 4.69) is 20.6 Å². The minimum Gasteiger partial charge on any atom is -0.444 e. The number of halogens is 1. The average molecular weight is 414 g/mol. The minimum absolute atomic E-state index is 0.0960. The number of likely N-dealkylation sites (tertiary alicyclic amines) is 1. The third kappa shape index (κ3) is 6.10. The molecule has 28 heavy (non-hydrogen) atoms. The van der Waals surface area contributed by atoms with Crippen molar-refractivity contribution in [2.75, 3.05) is 13.1 Å². The van der Waals surface area contributed by atoms with E-state index < -0.39 is 5.60 Å². The number of nitrogens with one attached hydrogen (secondary N) is 3. The Morgan fingerprint density at radius 2 is 2.04 bits per heavy atom. The summed E-state index contributed by atoms with van der Waals surface area (Å²) in [5.74, 6) is -0.0902. The fourth-order valence-electron chi connectivity index (χ4n) is 3.18. The first-order valence-electron chi connectivity index (χ1n) is 9.79. The van der Waals surface area contributed by atoms with Gasteiger partial charge in [-0.25, -0.2) is 9.78 Å². The van der Waals surface area contributed by atoms with E-state index in [1.165, 1.54) is 0 Å². The lowest BCUT2D eigenvalue weighted by Crippen LogP contribution is -2.61. The molecular formula is C19H32ClN5O3. The van der Waals surface area contributed by atoms with Gasteiger partial charge in [-0.15, -0.1) is 0 Å². The van der Waals surface area contributed by atoms with Crippen LogP contribution in [0.5, 0.6) is 0 Å². The summed E-state index contributed by atoms with van der Waals surface area (Å²) < 4.78 is 5.49. The largest absolute Gasteiger partial charge is 0.444 e. The molecule has 0 aromatic carbocycles. The van der Waals surface area contributed by atoms with Crippen LogP contribution in [0, 0.1) is 0 Å². The summed E-state index contributed by atoms with van der Waals surface area (Å²) in [4.78, 5) is 33.8. The van der Waals surface area contributed by atoms with Gasteiger partial charge in [-0.3, -0.25) is 4.79 Å². The zero-order chi connectivity index (χ0) is 21.1. The maximum Gasteiger partial charge on any atom is 0.410 e. The Bertz CT molecular complexity index is 698. The number of H-pyrrole nitrogens is 1. The number of carbonyl (C=O) groups excluding carboxylic acids is 2. The molecule has 1 saturated heterocycles. The Balaban J connectivity index is 2.06. The number of aryl methyl sites for hydroxylation is 1. The second-order valence-corrected chi connectivity index (χ2v) is 8.79. The van der Waals surface area contributed by atoms with Crippen molar-refractivity contribution in [2.45, 2.75) is 78.1 Å². The molecule has 0 spiro atoms. The lowest BCUT2D eigenvalue weighted by atomic mass is 9.98. The van der Waals surface area contributed by atoms with Gasteiger partial charge in [0.05, 0.1) is 5.69 Å². The first-order valence-corrected chi connectivity index (χ1v) is 10.2. The molecule has 9 heteroatoms. The fraction of sp³-hybridized carbons (Fsp3) is 0.737. The SMILES string of the molecule is CCc1[nH]c(C(=O)NC2CCN(C(=O)OC(C)(C)C)CC2NC(C)C)nc1Cl. The molecule has 8 nitrogen and oxygen atoms in total. The Hall–Kier alpha value is -1.80. The summed E-state index contributed by atoms with van der Waals surface area (Å²) in [6, 6.07) is -0.0309. The van der Waals surface area contributed by atoms with Crippen LogP contribution in [0.3, 0.4) is 0 Å². The van der Waals surface area contributed by atoms with Gasteiger partial charge in [-0.1, -0.05) is 32.4 Å². The summed E-state index contributed by atoms with van der Waals surface area (Å²) in [6.07, 6.45) is 0.952. The van der Waals surface area contributed by atoms with E-state index in [1.807, 2.05) is 41.5 Å². The van der Waals surface area contributed by atoms with Gasteiger partial charge in [0.15, 0.2) is 11.0 Å². The van der Waals surface area contributed by atoms with Gasteiger partial charge in [0, 0.05) is 31.2 Å². The van der Waals surface area contributed by atoms with E-state index in [1.54, 1.807) is 4.90 Å². The average Bonchev–Trinajstić information content (AvgIpc) is 2.95. The molecule has 0 bridgehead atoms. The monoisotopic (exact) mass is 413 g/mol. The number of rotatable bonds is 5. The van der Waals surface area contributed by atoms with Gasteiger partial charge in [0.2, 0.25) is 0 Å². The van der Waals surface area contributed by atoms with Crippen molar-refractivity contribution < 1.29 is 14.3 Å². The van der Waals surface area contributed by atoms with E-state index in [-0.39, 0.29) is 36.0 Å². The van der Waals surface area contributed by atoms with E-state index in [9.17, 15) is 9.59 Å². The zero-order valence-electron chi connectivity index (χ0n) is 17.6. The molecule has 158 valence electrons. The maximum atomic E-state index is 12.6. The van der Waals surface area contributed by atoms with E-state index in [4.69, 9.17) is 16.3 Å². The molecule has 2 rings (SSSR count). The van der Waals surface area contributed by atoms with Crippen LogP contribution in [-0.2, 0) is 11.2 Å². The molecule has 2 unspecified atom stereocenters. The predicted molar refractivity (Wildman–Crippen MR) is 109 cm³/mol. The van der Waals surface area contributed by atoms with Crippen LogP contribution in [-0.4, -0.2) is 63.7 Å². The highest BCUT2D eigenvalue weighted by atomic mass is 35.5. The van der Waals surface area contributed by atoms with E-state index in [0.29, 0.717) is 31.1 Å². The number of aromatic amines is 1. The number of carbonyl (C=O) groups is 2. The highest BCUT2D eigenvalue weighted by Crippen LogP contribution is 2.18. The summed E-state index contributed by atoms with van der Waals surface area (Å²) in [5.41, 5.74) is 0.196. The first kappa shape index (κ1) is 22.5. The standard InChI is InChI=1S/C19H32ClN5O3/c1-7-12-15(20)24-16(22-12)17(26)23-13-8-9-25(10-14(13)21-11(2)3)18(27)28-19(4,5)6/h11,13-14,21H,7-10H2,1-6H3,(H,22,24)(H,23,26). The molecule has 2 atom stereocenters. The molecule has 2 heterocycles. The summed E-state index contributed by atoms with van der Waals surface area (Å²) >= 11 is 6.04. The van der Waals surface area contributed by atoms with Crippen LogP contribution in [0.25, 0.3) is 0 Å². The van der Waals surface area contributed by atoms with Crippen LogP contribution in [0.2, 0.25) is 5.15 Å². The Morgan fingerprint density at radius 3 is 2.57 bits per heavy atom. The first-order chi connectivity index (χ1) is 13.0. The third-order valence-corrected chi connectivity index (χ3v) is 4.74. The summed E-state index contributed by atoms with van der Waals surface area (Å²) in [5, 5.41) is 6.80. The van der Waals surface area contributed by atoms with Crippen LogP contribution in [0.4, 0.5) is 4.79 Å². The number of hydrogen-bond acceptors (Lipinski definition) is 5. The number of nitrogens with zero attached hydrogens (tertiary/aromatic N) is 2. The molecule has 0 radical (unpaired) electrons. The molecule has 0 aliphatic carbocycles. The quantitative estimate of drug-likeness (QED) is 0.689. The maximum absolute atomic E-state index is 12.6. The van der Waals surface area contributed by atoms with Crippen molar-refractivity contribution in [1.29, 1.82) is 0 Å². The summed E-state index contributed by atoms with van der Waals surface area (Å²) in [6.45, 7) is 12.5. The van der Waals surface area contributed by atoms with Crippen LogP contribution < -0.4 is 10.6 Å². The molecule has 1 aliphatic heterocycles. The Labute approximate surface area is 171 Å². The van der Waals surface area contributed by atoms with Crippen molar-refractivity contribution in [2.24, 2.45) is 0 Å². The lowest BCUT2D eigenvalue weighted by molar-refractivity contribution is 0.0159. The van der Waals surface area contributed by atoms with E-state index in [0.717, 1.165) is 5.69 Å². The van der Waals surface area contributed by atoms with Crippen molar-refractivity contribution in [1.82, 2.24) is 25.5 Å². The van der Waals surface area contributed by atoms with Crippen LogP contribution in [0.15, 0.2) is 0 Å². The van der Waals surface area contributed by atoms with Crippen molar-refractivity contribution in [3.63, 3.8) is 0 Å². The lowest BCUT2D eigenvalue weighted by Gasteiger charge is -2.40. The van der Waals surface area contributed by atoms with Crippen molar-refractivity contribution in [3.8, 4) is 0 Å². The van der Waals surface area contributed by atoms with Gasteiger partial charge in [0.25, 0.3) is 5.91 Å². The third-order valence-electron chi connectivity index (χ3n) is 4.43. The molecule has 3 N–H and O–H groups in total. The van der Waals surface area contributed by atoms with E-state index >= 15 is 0 Å². The molecule has 2 amide bonds. The molecule has 0 saturated carbocycles. The number of imidazole rings is 1. The fourth-order valence-corrected chi connectivity index (χ4v) is 3.45. The molecule has 1 aliphatic rings. The number of piperidine rings is 1. The smallest absolute Gasteiger partial charge is 0.410 e. The zero-order valence-corrected chi connectivity index (χ0v) is 18.3. The predicted octanol–water partition coefficient (Wildman–Crippen LogP) is 2.73. The highest BCUT2D eigenvalue weighted by Gasteiger charge is 2.35. The second kappa shape index (κ2) is 9.13. The number of hydrogen-bond donors (Lipinski definition) is 3. The van der Waals surface area contributed by atoms with Crippen molar-refractivity contribution in [3.05, 3.63) is 16.7 Å². The minimum atomic E-state index is -0.543. The molecular weight excluding hydrogens is 382 g/mol. The van der Waals surface area contributed by atoms with Gasteiger partial charge in [-0.2, -0.15) is 0 Å². The normalized spacial score (nSPS) is 20.4. The van der Waals surface area contributed by atoms with Crippen LogP contribution >= 0.6 is 11.6 Å². The van der Waals surface area contributed by atoms with Gasteiger partial charge >= 0.3 is 6.09 Å². The van der Waals surface area contributed by atoms with Gasteiger partial charge in [-0.05, 0) is 33.6 Å². The Morgan fingerprint density at radius 1 is 1.36 bits per heavy atom. The number of aromatic nitrogens is 2. The summed E-state index contributed by atoms with van der Waals surface area (Å²) in [7, 11) is 0. The highest BCUT2D eigenvalue weighted by molar-refractivity contribution is 6.30. The molecule has 1 aromatic heterocycles.